The number of aromatic nitrogens is 1. The van der Waals surface area contributed by atoms with Gasteiger partial charge in [-0.25, -0.2) is 22.9 Å². The van der Waals surface area contributed by atoms with Gasteiger partial charge in [-0.2, -0.15) is 0 Å². The number of carbonyl (C=O) groups excluding carboxylic acids is 1. The number of esters is 1. The maximum absolute atomic E-state index is 12.1. The van der Waals surface area contributed by atoms with Crippen LogP contribution in [-0.4, -0.2) is 26.4 Å². The van der Waals surface area contributed by atoms with E-state index in [1.165, 1.54) is 25.4 Å². The number of carbonyl (C=O) groups is 1. The van der Waals surface area contributed by atoms with Gasteiger partial charge in [-0.15, -0.1) is 0 Å². The SMILES string of the molecule is CNS(=O)(=O)c1ccc(Cl)c(C(=O)OCc2ccc(Cl)nc2)c1. The quantitative estimate of drug-likeness (QED) is 0.642. The van der Waals surface area contributed by atoms with Gasteiger partial charge >= 0.3 is 5.97 Å². The van der Waals surface area contributed by atoms with Crippen LogP contribution in [0.15, 0.2) is 41.4 Å². The first-order valence-corrected chi connectivity index (χ1v) is 8.58. The second-order valence-electron chi connectivity index (χ2n) is 4.41. The van der Waals surface area contributed by atoms with E-state index in [9.17, 15) is 13.2 Å². The molecule has 0 fully saturated rings. The van der Waals surface area contributed by atoms with E-state index < -0.39 is 16.0 Å². The molecule has 1 heterocycles. The summed E-state index contributed by atoms with van der Waals surface area (Å²) in [5, 5.41) is 0.423. The molecule has 122 valence electrons. The molecule has 23 heavy (non-hydrogen) atoms. The first-order valence-electron chi connectivity index (χ1n) is 6.34. The van der Waals surface area contributed by atoms with Gasteiger partial charge in [-0.3, -0.25) is 0 Å². The Hall–Kier alpha value is -1.67. The highest BCUT2D eigenvalue weighted by Crippen LogP contribution is 2.21. The number of nitrogens with one attached hydrogen (secondary N) is 1. The van der Waals surface area contributed by atoms with Crippen LogP contribution in [0.25, 0.3) is 0 Å². The Morgan fingerprint density at radius 3 is 2.61 bits per heavy atom. The van der Waals surface area contributed by atoms with Gasteiger partial charge in [0.05, 0.1) is 15.5 Å². The molecule has 0 spiro atoms. The molecule has 0 saturated heterocycles. The monoisotopic (exact) mass is 374 g/mol. The third-order valence-electron chi connectivity index (χ3n) is 2.90. The molecule has 0 aliphatic rings. The third kappa shape index (κ3) is 4.42. The molecule has 0 bridgehead atoms. The Morgan fingerprint density at radius 1 is 1.26 bits per heavy atom. The topological polar surface area (TPSA) is 85.4 Å². The zero-order chi connectivity index (χ0) is 17.0. The lowest BCUT2D eigenvalue weighted by atomic mass is 10.2. The Morgan fingerprint density at radius 2 is 2.00 bits per heavy atom. The Kier molecular flexibility index (Phi) is 5.59. The maximum Gasteiger partial charge on any atom is 0.340 e. The highest BCUT2D eigenvalue weighted by Gasteiger charge is 2.18. The summed E-state index contributed by atoms with van der Waals surface area (Å²) in [4.78, 5) is 15.9. The lowest BCUT2D eigenvalue weighted by molar-refractivity contribution is 0.0472. The smallest absolute Gasteiger partial charge is 0.340 e. The zero-order valence-corrected chi connectivity index (χ0v) is 14.2. The van der Waals surface area contributed by atoms with Gasteiger partial charge in [0, 0.05) is 11.8 Å². The Bertz CT molecular complexity index is 823. The minimum atomic E-state index is -3.68. The normalized spacial score (nSPS) is 11.3. The van der Waals surface area contributed by atoms with Crippen molar-refractivity contribution in [1.29, 1.82) is 0 Å². The van der Waals surface area contributed by atoms with E-state index in [4.69, 9.17) is 27.9 Å². The van der Waals surface area contributed by atoms with Crippen molar-refractivity contribution in [3.8, 4) is 0 Å². The van der Waals surface area contributed by atoms with Gasteiger partial charge in [0.1, 0.15) is 11.8 Å². The number of hydrogen-bond donors (Lipinski definition) is 1. The molecular formula is C14H12Cl2N2O4S. The van der Waals surface area contributed by atoms with Gasteiger partial charge in [-0.05, 0) is 31.3 Å². The molecular weight excluding hydrogens is 363 g/mol. The highest BCUT2D eigenvalue weighted by molar-refractivity contribution is 7.89. The Labute approximate surface area is 143 Å². The van der Waals surface area contributed by atoms with E-state index in [2.05, 4.69) is 9.71 Å². The molecule has 0 saturated carbocycles. The van der Waals surface area contributed by atoms with E-state index in [1.54, 1.807) is 12.1 Å². The molecule has 6 nitrogen and oxygen atoms in total. The summed E-state index contributed by atoms with van der Waals surface area (Å²) in [5.74, 6) is -0.738. The standard InChI is InChI=1S/C14H12Cl2N2O4S/c1-17-23(20,21)10-3-4-12(15)11(6-10)14(19)22-8-9-2-5-13(16)18-7-9/h2-7,17H,8H2,1H3. The summed E-state index contributed by atoms with van der Waals surface area (Å²) in [7, 11) is -2.41. The number of pyridine rings is 1. The number of nitrogens with zero attached hydrogens (tertiary/aromatic N) is 1. The van der Waals surface area contributed by atoms with Crippen molar-refractivity contribution in [2.45, 2.75) is 11.5 Å². The maximum atomic E-state index is 12.1. The van der Waals surface area contributed by atoms with E-state index >= 15 is 0 Å². The van der Waals surface area contributed by atoms with Gasteiger partial charge < -0.3 is 4.74 Å². The van der Waals surface area contributed by atoms with E-state index in [0.717, 1.165) is 6.07 Å². The number of hydrogen-bond acceptors (Lipinski definition) is 5. The lowest BCUT2D eigenvalue weighted by Crippen LogP contribution is -2.19. The minimum Gasteiger partial charge on any atom is -0.457 e. The average Bonchev–Trinajstić information content (AvgIpc) is 2.54. The van der Waals surface area contributed by atoms with E-state index in [1.807, 2.05) is 0 Å². The summed E-state index contributed by atoms with van der Waals surface area (Å²) < 4.78 is 30.8. The van der Waals surface area contributed by atoms with Crippen molar-refractivity contribution in [3.05, 3.63) is 57.8 Å². The fraction of sp³-hybridized carbons (Fsp3) is 0.143. The number of ether oxygens (including phenoxy) is 1. The second-order valence-corrected chi connectivity index (χ2v) is 7.10. The van der Waals surface area contributed by atoms with Crippen LogP contribution in [0, 0.1) is 0 Å². The van der Waals surface area contributed by atoms with Crippen molar-refractivity contribution < 1.29 is 17.9 Å². The Balaban J connectivity index is 2.18. The predicted molar refractivity (Wildman–Crippen MR) is 86.1 cm³/mol. The summed E-state index contributed by atoms with van der Waals surface area (Å²) in [6.45, 7) is -0.0393. The molecule has 2 aromatic rings. The fourth-order valence-electron chi connectivity index (χ4n) is 1.66. The highest BCUT2D eigenvalue weighted by atomic mass is 35.5. The molecule has 1 N–H and O–H groups in total. The lowest BCUT2D eigenvalue weighted by Gasteiger charge is -2.08. The van der Waals surface area contributed by atoms with Crippen molar-refractivity contribution >= 4 is 39.2 Å². The first-order chi connectivity index (χ1) is 10.8. The van der Waals surface area contributed by atoms with Crippen molar-refractivity contribution in [1.82, 2.24) is 9.71 Å². The van der Waals surface area contributed by atoms with Gasteiger partial charge in [0.25, 0.3) is 0 Å². The molecule has 0 aliphatic heterocycles. The van der Waals surface area contributed by atoms with Crippen LogP contribution in [0.1, 0.15) is 15.9 Å². The van der Waals surface area contributed by atoms with Crippen LogP contribution in [0.3, 0.4) is 0 Å². The van der Waals surface area contributed by atoms with Crippen LogP contribution >= 0.6 is 23.2 Å². The number of rotatable bonds is 5. The average molecular weight is 375 g/mol. The number of sulfonamides is 1. The summed E-state index contributed by atoms with van der Waals surface area (Å²) >= 11 is 11.6. The number of benzene rings is 1. The molecule has 0 atom stereocenters. The van der Waals surface area contributed by atoms with Gasteiger partial charge in [-0.1, -0.05) is 29.3 Å². The summed E-state index contributed by atoms with van der Waals surface area (Å²) in [6, 6.07) is 7.01. The van der Waals surface area contributed by atoms with E-state index in [-0.39, 0.29) is 22.1 Å². The van der Waals surface area contributed by atoms with Gasteiger partial charge in [0.15, 0.2) is 0 Å². The largest absolute Gasteiger partial charge is 0.457 e. The van der Waals surface area contributed by atoms with E-state index in [0.29, 0.717) is 10.7 Å². The minimum absolute atomic E-state index is 0.0371. The van der Waals surface area contributed by atoms with Crippen LogP contribution in [0.5, 0.6) is 0 Å². The molecule has 9 heteroatoms. The molecule has 0 amide bonds. The summed E-state index contributed by atoms with van der Waals surface area (Å²) in [6.07, 6.45) is 1.47. The van der Waals surface area contributed by atoms with Crippen LogP contribution < -0.4 is 4.72 Å². The second kappa shape index (κ2) is 7.27. The van der Waals surface area contributed by atoms with Crippen molar-refractivity contribution in [2.75, 3.05) is 7.05 Å². The van der Waals surface area contributed by atoms with Gasteiger partial charge in [0.2, 0.25) is 10.0 Å². The molecule has 0 radical (unpaired) electrons. The van der Waals surface area contributed by atoms with Crippen molar-refractivity contribution in [2.24, 2.45) is 0 Å². The molecule has 1 aromatic heterocycles. The molecule has 0 unspecified atom stereocenters. The van der Waals surface area contributed by atoms with Crippen LogP contribution in [0.4, 0.5) is 0 Å². The summed E-state index contributed by atoms with van der Waals surface area (Å²) in [5.41, 5.74) is 0.600. The fourth-order valence-corrected chi connectivity index (χ4v) is 2.73. The number of halogens is 2. The molecule has 0 aliphatic carbocycles. The first kappa shape index (κ1) is 17.7. The van der Waals surface area contributed by atoms with Crippen molar-refractivity contribution in [3.63, 3.8) is 0 Å². The molecule has 1 aromatic carbocycles. The molecule has 2 rings (SSSR count). The third-order valence-corrected chi connectivity index (χ3v) is 4.86. The predicted octanol–water partition coefficient (Wildman–Crippen LogP) is 2.65. The van der Waals surface area contributed by atoms with Crippen LogP contribution in [0.2, 0.25) is 10.2 Å². The van der Waals surface area contributed by atoms with Crippen LogP contribution in [-0.2, 0) is 21.4 Å². The zero-order valence-electron chi connectivity index (χ0n) is 11.9.